The molecule has 4 aromatic rings. The van der Waals surface area contributed by atoms with E-state index in [2.05, 4.69) is 59.9 Å². The quantitative estimate of drug-likeness (QED) is 0.446. The molecule has 0 aliphatic carbocycles. The summed E-state index contributed by atoms with van der Waals surface area (Å²) in [5, 5.41) is 6.13. The van der Waals surface area contributed by atoms with Gasteiger partial charge in [0.15, 0.2) is 0 Å². The lowest BCUT2D eigenvalue weighted by atomic mass is 10.0. The molecule has 2 heteroatoms. The lowest BCUT2D eigenvalue weighted by Gasteiger charge is -2.10. The molecule has 0 unspecified atom stereocenters. The first-order valence-corrected chi connectivity index (χ1v) is 8.92. The van der Waals surface area contributed by atoms with E-state index in [0.29, 0.717) is 0 Å². The van der Waals surface area contributed by atoms with E-state index in [-0.39, 0.29) is 0 Å². The fourth-order valence-corrected chi connectivity index (χ4v) is 3.12. The summed E-state index contributed by atoms with van der Waals surface area (Å²) in [6, 6.07) is 33.0. The van der Waals surface area contributed by atoms with Crippen LogP contribution in [0, 0.1) is 0 Å². The minimum absolute atomic E-state index is 0.843. The van der Waals surface area contributed by atoms with Crippen molar-refractivity contribution < 1.29 is 4.74 Å². The fourth-order valence-electron chi connectivity index (χ4n) is 3.12. The zero-order valence-electron chi connectivity index (χ0n) is 14.6. The van der Waals surface area contributed by atoms with Gasteiger partial charge < -0.3 is 10.1 Å². The Kier molecular flexibility index (Phi) is 4.83. The molecule has 2 nitrogen and oxygen atoms in total. The zero-order chi connectivity index (χ0) is 17.6. The van der Waals surface area contributed by atoms with E-state index in [1.54, 1.807) is 0 Å². The van der Waals surface area contributed by atoms with E-state index in [9.17, 15) is 0 Å². The van der Waals surface area contributed by atoms with Crippen molar-refractivity contribution in [1.82, 2.24) is 0 Å². The topological polar surface area (TPSA) is 21.3 Å². The van der Waals surface area contributed by atoms with Crippen LogP contribution in [0.4, 0.5) is 5.69 Å². The molecule has 0 aliphatic rings. The Morgan fingerprint density at radius 1 is 0.615 bits per heavy atom. The summed E-state index contributed by atoms with van der Waals surface area (Å²) in [6.07, 6.45) is 0.990. The number of rotatable bonds is 6. The van der Waals surface area contributed by atoms with Crippen LogP contribution in [-0.2, 0) is 6.42 Å². The summed E-state index contributed by atoms with van der Waals surface area (Å²) in [7, 11) is 0. The van der Waals surface area contributed by atoms with Crippen molar-refractivity contribution in [1.29, 1.82) is 0 Å². The lowest BCUT2D eigenvalue weighted by molar-refractivity contribution is 0.483. The predicted octanol–water partition coefficient (Wildman–Crippen LogP) is 6.29. The van der Waals surface area contributed by atoms with Crippen molar-refractivity contribution in [3.63, 3.8) is 0 Å². The van der Waals surface area contributed by atoms with Crippen molar-refractivity contribution in [3.05, 3.63) is 103 Å². The summed E-state index contributed by atoms with van der Waals surface area (Å²) >= 11 is 0. The van der Waals surface area contributed by atoms with Crippen LogP contribution in [-0.4, -0.2) is 6.54 Å². The molecule has 26 heavy (non-hydrogen) atoms. The van der Waals surface area contributed by atoms with Crippen LogP contribution in [0.5, 0.6) is 11.5 Å². The van der Waals surface area contributed by atoms with Crippen LogP contribution >= 0.6 is 0 Å². The molecular formula is C24H21NO. The monoisotopic (exact) mass is 339 g/mol. The highest BCUT2D eigenvalue weighted by molar-refractivity contribution is 5.85. The highest BCUT2D eigenvalue weighted by atomic mass is 16.5. The average Bonchev–Trinajstić information content (AvgIpc) is 2.70. The van der Waals surface area contributed by atoms with Gasteiger partial charge in [-0.2, -0.15) is 0 Å². The van der Waals surface area contributed by atoms with E-state index in [0.717, 1.165) is 30.2 Å². The molecule has 4 aromatic carbocycles. The van der Waals surface area contributed by atoms with Crippen LogP contribution in [0.25, 0.3) is 10.8 Å². The van der Waals surface area contributed by atoms with Gasteiger partial charge >= 0.3 is 0 Å². The molecule has 4 rings (SSSR count). The van der Waals surface area contributed by atoms with Crippen molar-refractivity contribution in [2.45, 2.75) is 6.42 Å². The van der Waals surface area contributed by atoms with Crippen molar-refractivity contribution in [3.8, 4) is 11.5 Å². The van der Waals surface area contributed by atoms with E-state index < -0.39 is 0 Å². The number of nitrogens with one attached hydrogen (secondary N) is 1. The number of ether oxygens (including phenoxy) is 1. The van der Waals surface area contributed by atoms with Crippen LogP contribution in [0.3, 0.4) is 0 Å². The molecule has 0 spiro atoms. The smallest absolute Gasteiger partial charge is 0.127 e. The van der Waals surface area contributed by atoms with E-state index in [1.807, 2.05) is 42.5 Å². The first-order chi connectivity index (χ1) is 12.9. The minimum Gasteiger partial charge on any atom is -0.457 e. The Morgan fingerprint density at radius 2 is 1.31 bits per heavy atom. The minimum atomic E-state index is 0.843. The van der Waals surface area contributed by atoms with Gasteiger partial charge in [-0.3, -0.25) is 0 Å². The molecule has 128 valence electrons. The predicted molar refractivity (Wildman–Crippen MR) is 109 cm³/mol. The number of hydrogen-bond donors (Lipinski definition) is 1. The van der Waals surface area contributed by atoms with E-state index in [1.165, 1.54) is 16.3 Å². The molecule has 1 N–H and O–H groups in total. The Labute approximate surface area is 154 Å². The maximum Gasteiger partial charge on any atom is 0.127 e. The van der Waals surface area contributed by atoms with Crippen molar-refractivity contribution in [2.24, 2.45) is 0 Å². The normalized spacial score (nSPS) is 10.6. The summed E-state index contributed by atoms with van der Waals surface area (Å²) < 4.78 is 5.83. The van der Waals surface area contributed by atoms with Gasteiger partial charge in [0, 0.05) is 12.2 Å². The first kappa shape index (κ1) is 16.2. The number of hydrogen-bond acceptors (Lipinski definition) is 2. The molecule has 0 saturated carbocycles. The van der Waals surface area contributed by atoms with Gasteiger partial charge in [-0.25, -0.2) is 0 Å². The standard InChI is InChI=1S/C24H21NO/c1-2-10-22(11-3-1)26-23-15-13-21(14-16-23)25-18-17-20-9-6-8-19-7-4-5-12-24(19)20/h1-16,25H,17-18H2. The molecule has 0 fully saturated rings. The van der Waals surface area contributed by atoms with Gasteiger partial charge in [-0.05, 0) is 59.2 Å². The Morgan fingerprint density at radius 3 is 2.15 bits per heavy atom. The van der Waals surface area contributed by atoms with Crippen LogP contribution in [0.15, 0.2) is 97.1 Å². The third-order valence-corrected chi connectivity index (χ3v) is 4.44. The molecule has 0 saturated heterocycles. The van der Waals surface area contributed by atoms with Gasteiger partial charge in [-0.15, -0.1) is 0 Å². The maximum absolute atomic E-state index is 5.83. The summed E-state index contributed by atoms with van der Waals surface area (Å²) in [5.41, 5.74) is 2.48. The molecule has 0 atom stereocenters. The number of benzene rings is 4. The molecular weight excluding hydrogens is 318 g/mol. The zero-order valence-corrected chi connectivity index (χ0v) is 14.6. The Bertz CT molecular complexity index is 972. The lowest BCUT2D eigenvalue weighted by Crippen LogP contribution is -2.05. The Balaban J connectivity index is 1.36. The van der Waals surface area contributed by atoms with Gasteiger partial charge in [0.05, 0.1) is 0 Å². The third kappa shape index (κ3) is 3.86. The number of fused-ring (bicyclic) bond motifs is 1. The first-order valence-electron chi connectivity index (χ1n) is 8.92. The summed E-state index contributed by atoms with van der Waals surface area (Å²) in [6.45, 7) is 0.896. The second kappa shape index (κ2) is 7.75. The van der Waals surface area contributed by atoms with Gasteiger partial charge in [-0.1, -0.05) is 60.7 Å². The molecule has 0 heterocycles. The van der Waals surface area contributed by atoms with Gasteiger partial charge in [0.2, 0.25) is 0 Å². The molecule has 0 radical (unpaired) electrons. The molecule has 0 aromatic heterocycles. The number of para-hydroxylation sites is 1. The highest BCUT2D eigenvalue weighted by Gasteiger charge is 2.01. The Hall–Kier alpha value is -3.26. The number of anilines is 1. The van der Waals surface area contributed by atoms with E-state index >= 15 is 0 Å². The summed E-state index contributed by atoms with van der Waals surface area (Å²) in [5.74, 6) is 1.69. The average molecular weight is 339 g/mol. The fraction of sp³-hybridized carbons (Fsp3) is 0.0833. The largest absolute Gasteiger partial charge is 0.457 e. The van der Waals surface area contributed by atoms with E-state index in [4.69, 9.17) is 4.74 Å². The molecule has 0 aliphatic heterocycles. The molecule has 0 amide bonds. The summed E-state index contributed by atoms with van der Waals surface area (Å²) in [4.78, 5) is 0. The van der Waals surface area contributed by atoms with Crippen molar-refractivity contribution in [2.75, 3.05) is 11.9 Å². The third-order valence-electron chi connectivity index (χ3n) is 4.44. The van der Waals surface area contributed by atoms with Crippen LogP contribution < -0.4 is 10.1 Å². The van der Waals surface area contributed by atoms with Crippen LogP contribution in [0.1, 0.15) is 5.56 Å². The molecule has 0 bridgehead atoms. The maximum atomic E-state index is 5.83. The van der Waals surface area contributed by atoms with Crippen LogP contribution in [0.2, 0.25) is 0 Å². The van der Waals surface area contributed by atoms with Gasteiger partial charge in [0.25, 0.3) is 0 Å². The second-order valence-electron chi connectivity index (χ2n) is 6.25. The van der Waals surface area contributed by atoms with Gasteiger partial charge in [0.1, 0.15) is 11.5 Å². The SMILES string of the molecule is c1ccc(Oc2ccc(NCCc3cccc4ccccc34)cc2)cc1. The van der Waals surface area contributed by atoms with Crippen molar-refractivity contribution >= 4 is 16.5 Å². The highest BCUT2D eigenvalue weighted by Crippen LogP contribution is 2.23. The second-order valence-corrected chi connectivity index (χ2v) is 6.25.